The first kappa shape index (κ1) is 59.0. The molecule has 3 atom stereocenters. The zero-order chi connectivity index (χ0) is 137. The third kappa shape index (κ3) is 16.8. The number of hydrogen-bond acceptors (Lipinski definition) is 5. The van der Waals surface area contributed by atoms with Crippen LogP contribution in [0.4, 0.5) is 28.4 Å². The average Bonchev–Trinajstić information content (AvgIpc) is 1.38. The molecule has 0 bridgehead atoms. The number of nitrogens with zero attached hydrogens (tertiary/aromatic N) is 10. The Morgan fingerprint density at radius 3 is 1.03 bits per heavy atom. The lowest BCUT2D eigenvalue weighted by Crippen LogP contribution is -2.36. The van der Waals surface area contributed by atoms with Gasteiger partial charge in [-0.2, -0.15) is 22.8 Å². The van der Waals surface area contributed by atoms with E-state index in [9.17, 15) is 1.37 Å². The van der Waals surface area contributed by atoms with Gasteiger partial charge >= 0.3 is 0 Å². The molecule has 15 heteroatoms. The van der Waals surface area contributed by atoms with Gasteiger partial charge in [0.15, 0.2) is 56.9 Å². The molecule has 10 aromatic heterocycles. The lowest BCUT2D eigenvalue weighted by atomic mass is 9.92. The molecule has 0 saturated heterocycles. The molecular formula is C126H127N10O5+5. The Balaban J connectivity index is 0.000000157. The van der Waals surface area contributed by atoms with Crippen molar-refractivity contribution in [1.29, 1.82) is 0 Å². The summed E-state index contributed by atoms with van der Waals surface area (Å²) in [5, 5.41) is 5.25. The topological polar surface area (TPSA) is 107 Å². The molecule has 10 heterocycles. The van der Waals surface area contributed by atoms with E-state index in [0.29, 0.717) is 172 Å². The molecule has 20 aromatic rings. The molecule has 0 aliphatic carbocycles. The molecule has 0 radical (unpaired) electrons. The summed E-state index contributed by atoms with van der Waals surface area (Å²) in [4.78, 5) is 17.4. The summed E-state index contributed by atoms with van der Waals surface area (Å²) in [6, 6.07) is 32.7. The predicted molar refractivity (Wildman–Crippen MR) is 579 cm³/mol. The second-order valence-corrected chi connectivity index (χ2v) is 35.8. The summed E-state index contributed by atoms with van der Waals surface area (Å²) >= 11 is 0. The van der Waals surface area contributed by atoms with Crippen molar-refractivity contribution >= 4 is 138 Å². The number of pyridine rings is 5. The lowest BCUT2D eigenvalue weighted by Gasteiger charge is -2.14. The number of fused-ring (bicyclic) bond motifs is 15. The molecule has 15 nitrogen and oxygen atoms in total. The summed E-state index contributed by atoms with van der Waals surface area (Å²) in [7, 11) is 8.20. The molecule has 0 fully saturated rings. The number of aryl methyl sites for hydroxylation is 10. The predicted octanol–water partition coefficient (Wildman–Crippen LogP) is 33.3. The Hall–Kier alpha value is -15.6. The Kier molecular flexibility index (Phi) is 15.9. The number of furan rings is 5. The quantitative estimate of drug-likeness (QED) is 0.111. The number of hydrogen-bond donors (Lipinski definition) is 0. The first-order valence-corrected chi connectivity index (χ1v) is 44.8. The zero-order valence-electron chi connectivity index (χ0n) is 123. The van der Waals surface area contributed by atoms with Crippen LogP contribution in [0.15, 0.2) is 174 Å². The number of benzene rings is 10. The summed E-state index contributed by atoms with van der Waals surface area (Å²) in [5.74, 6) is -7.17. The van der Waals surface area contributed by atoms with Crippen molar-refractivity contribution in [3.8, 4) is 56.3 Å². The van der Waals surface area contributed by atoms with Crippen molar-refractivity contribution in [2.45, 2.75) is 211 Å². The van der Waals surface area contributed by atoms with Crippen molar-refractivity contribution in [1.82, 2.24) is 0 Å². The smallest absolute Gasteiger partial charge is 0.216 e. The van der Waals surface area contributed by atoms with Crippen LogP contribution in [0.3, 0.4) is 0 Å². The van der Waals surface area contributed by atoms with Crippen LogP contribution in [-0.2, 0) is 35.2 Å². The maximum absolute atomic E-state index is 9.18. The highest BCUT2D eigenvalue weighted by atomic mass is 16.3. The molecule has 0 aliphatic heterocycles. The van der Waals surface area contributed by atoms with Gasteiger partial charge in [0, 0.05) is 196 Å². The minimum Gasteiger partial charge on any atom is -0.455 e. The molecule has 0 spiro atoms. The Bertz CT molecular complexity index is 10800. The van der Waals surface area contributed by atoms with Gasteiger partial charge in [0.05, 0.1) is 67.5 Å². The monoisotopic (exact) mass is 1900 g/mol. The summed E-state index contributed by atoms with van der Waals surface area (Å²) in [6.07, 6.45) is 0. The molecule has 141 heavy (non-hydrogen) atoms. The van der Waals surface area contributed by atoms with Crippen molar-refractivity contribution in [3.63, 3.8) is 0 Å². The van der Waals surface area contributed by atoms with E-state index >= 15 is 0 Å². The summed E-state index contributed by atoms with van der Waals surface area (Å²) in [6.45, 7) is 35.1. The summed E-state index contributed by atoms with van der Waals surface area (Å²) < 4.78 is 376. The second kappa shape index (κ2) is 38.0. The molecule has 10 aromatic carbocycles. The molecule has 0 saturated carbocycles. The van der Waals surface area contributed by atoms with Crippen molar-refractivity contribution < 1.29 is 101 Å². The maximum Gasteiger partial charge on any atom is 0.216 e. The van der Waals surface area contributed by atoms with Gasteiger partial charge in [-0.25, -0.2) is 24.2 Å². The minimum absolute atomic E-state index is 0.0348. The lowest BCUT2D eigenvalue weighted by molar-refractivity contribution is -0.667. The highest BCUT2D eigenvalue weighted by Crippen LogP contribution is 2.49. The SMILES string of the molecule is [2H]c1c(C([2H])(C)C([2H])([2H])[2H])c(C([2H])([2H])[2H])c(C)[n+](C)c1-c1c(C)ccc2c1oc1c(C)cc([N+]#[C-])cc12.[2H]c1c(C([2H])(C)C([2H])([2H])[2H])c(C([2H])([2H])[2H])c(C)[n+](C)c1-c1c(C)ccc2c1oc1cc(C)c([N+]#[C-])cc12.[2H]c1c(C([2H])(C)C([2H])([2H])[2H])c(C([2H])([2H])[2H])c(C)[n+](C)c1-c1c(C)ccc2c1oc1ccc([N+]#[C-])c(C([2H])([2H])[2H])c12.[2H]c1c(C)c(C([2H])([2H])[2H])c(C)[n+](C)c1-c1c(C)cc(C([2H])([2H])[2H])c2c1oc1ccc([N+]#[C-])cc12.[2H]c1c(C)c(C([2H])([2H])[2H])c(C)[n+](C)c1-c1c(C)ccc2c1oc1ccc([N+]#[C-])c(C([2H])([2H])[2H])c12. The third-order valence-electron chi connectivity index (χ3n) is 27.0. The second-order valence-electron chi connectivity index (χ2n) is 35.8. The first-order valence-electron chi connectivity index (χ1n) is 65.3. The maximum atomic E-state index is 9.18. The largest absolute Gasteiger partial charge is 0.455 e. The van der Waals surface area contributed by atoms with Crippen molar-refractivity contribution in [2.75, 3.05) is 0 Å². The number of aromatic nitrogens is 5. The van der Waals surface area contributed by atoms with E-state index in [1.54, 1.807) is 182 Å². The van der Waals surface area contributed by atoms with E-state index in [0.717, 1.165) is 59.4 Å². The van der Waals surface area contributed by atoms with Crippen LogP contribution < -0.4 is 22.8 Å². The fraction of sp³-hybridized carbons (Fsp3) is 0.286. The van der Waals surface area contributed by atoms with E-state index in [4.69, 9.17) is 110 Å². The molecule has 20 rings (SSSR count). The van der Waals surface area contributed by atoms with E-state index in [-0.39, 0.29) is 142 Å². The van der Waals surface area contributed by atoms with E-state index < -0.39 is 105 Å². The van der Waals surface area contributed by atoms with Crippen LogP contribution >= 0.6 is 0 Å². The van der Waals surface area contributed by atoms with E-state index in [1.165, 1.54) is 29.7 Å². The van der Waals surface area contributed by atoms with Gasteiger partial charge in [-0.1, -0.05) is 114 Å². The van der Waals surface area contributed by atoms with Gasteiger partial charge in [0.1, 0.15) is 91.1 Å². The van der Waals surface area contributed by atoms with Gasteiger partial charge in [-0.05, 0) is 267 Å². The van der Waals surface area contributed by atoms with Gasteiger partial charge in [-0.15, -0.1) is 0 Å². The molecular weight excluding hydrogens is 1730 g/mol. The van der Waals surface area contributed by atoms with Crippen molar-refractivity contribution in [2.24, 2.45) is 35.2 Å². The van der Waals surface area contributed by atoms with Gasteiger partial charge in [0.25, 0.3) is 0 Å². The highest BCUT2D eigenvalue weighted by Gasteiger charge is 2.33. The van der Waals surface area contributed by atoms with Gasteiger partial charge in [0.2, 0.25) is 28.5 Å². The van der Waals surface area contributed by atoms with Gasteiger partial charge < -0.3 is 22.1 Å². The average molecular weight is 1900 g/mol. The Labute approximate surface area is 886 Å². The third-order valence-corrected chi connectivity index (χ3v) is 27.0. The van der Waals surface area contributed by atoms with Crippen LogP contribution in [0.25, 0.3) is 190 Å². The fourth-order valence-corrected chi connectivity index (χ4v) is 18.5. The molecule has 3 unspecified atom stereocenters. The van der Waals surface area contributed by atoms with Crippen LogP contribution in [0.1, 0.15) is 255 Å². The van der Waals surface area contributed by atoms with Crippen molar-refractivity contribution in [3.05, 3.63) is 348 Å². The fourth-order valence-electron chi connectivity index (χ4n) is 18.5. The first-order chi connectivity index (χ1) is 83.4. The Morgan fingerprint density at radius 1 is 0.262 bits per heavy atom. The molecule has 0 amide bonds. The molecule has 0 N–H and O–H groups in total. The molecule has 706 valence electrons. The normalized spacial score (nSPS) is 18.0. The van der Waals surface area contributed by atoms with Gasteiger partial charge in [-0.3, -0.25) is 0 Å². The van der Waals surface area contributed by atoms with Crippen LogP contribution in [0, 0.1) is 185 Å². The Morgan fingerprint density at radius 2 is 0.624 bits per heavy atom. The number of rotatable bonds is 8. The van der Waals surface area contributed by atoms with E-state index in [2.05, 4.69) is 24.2 Å². The van der Waals surface area contributed by atoms with Crippen LogP contribution in [0.5, 0.6) is 0 Å². The highest BCUT2D eigenvalue weighted by molar-refractivity contribution is 6.17. The minimum atomic E-state index is -2.96. The van der Waals surface area contributed by atoms with E-state index in [1.807, 2.05) is 65.0 Å². The van der Waals surface area contributed by atoms with Crippen LogP contribution in [0.2, 0.25) is 0 Å². The van der Waals surface area contributed by atoms with Crippen LogP contribution in [-0.4, -0.2) is 0 Å². The summed E-state index contributed by atoms with van der Waals surface area (Å²) in [5.41, 5.74) is 14.5. The zero-order valence-corrected chi connectivity index (χ0v) is 82.1. The molecule has 0 aliphatic rings. The standard InChI is InChI=1S/3C26H27N2O.2C24H23N2O/c1-14(2)21-13-23(28(8)18(6)17(21)5)24-15(3)9-10-20-22-12-19(27-7)11-16(4)25(22)29-26(20)24;1-14(2)20-13-23(28(8)18(6)17(20)5)25-15(3)9-10-19-21-12-22(27-7)16(4)11-24(21)29-26(19)25;1-14(2)20-13-22(28(8)18(6)16(20)4)24-15(3)9-10-19-25-17(5)21(27-7)11-12-23(25)29-26(19)24;1-13-11-20(26(7)17(5)16(13)4)23-15(3)10-14(2)22-19-12-18(25-6)8-9-21(19)27-24(22)23;1-13-8-9-18-23-16(4)19(25-6)10-11-21(23)27-24(18)22(13)20-12-14(2)15(3)17(5)26(20)7/h3*9-14H,1-6,8H3;2*8-12H,1-5,7H3/q5*+1/i2*1D3,5D3,13D,14D;1D3,4D3,5D3,13D,14D;2D3,4D3,11D;3D3,4D3,12D.